The van der Waals surface area contributed by atoms with Gasteiger partial charge in [-0.05, 0) is 49.9 Å². The van der Waals surface area contributed by atoms with Gasteiger partial charge >= 0.3 is 0 Å². The van der Waals surface area contributed by atoms with Crippen molar-refractivity contribution in [3.8, 4) is 5.75 Å². The Morgan fingerprint density at radius 3 is 2.90 bits per heavy atom. The summed E-state index contributed by atoms with van der Waals surface area (Å²) < 4.78 is 7.58. The molecule has 0 amide bonds. The number of fused-ring (bicyclic) bond motifs is 1. The number of methoxy groups -OCH3 is 1. The Morgan fingerprint density at radius 1 is 1.24 bits per heavy atom. The van der Waals surface area contributed by atoms with Crippen LogP contribution in [0.1, 0.15) is 40.2 Å². The summed E-state index contributed by atoms with van der Waals surface area (Å²) in [6.07, 6.45) is 3.65. The standard InChI is InChI=1S/C18H21NO2/c1-13-11-16-17(7-4-8-18(16)20)19(13)10-9-14-5-3-6-15(12-14)21-2/h3,5-6,11-12H,4,7-10H2,1-2H3. The van der Waals surface area contributed by atoms with Gasteiger partial charge in [-0.3, -0.25) is 4.79 Å². The zero-order valence-corrected chi connectivity index (χ0v) is 12.7. The lowest BCUT2D eigenvalue weighted by Gasteiger charge is -2.16. The van der Waals surface area contributed by atoms with Crippen LogP contribution in [-0.4, -0.2) is 17.5 Å². The van der Waals surface area contributed by atoms with Crippen LogP contribution < -0.4 is 4.74 Å². The average molecular weight is 283 g/mol. The van der Waals surface area contributed by atoms with Gasteiger partial charge < -0.3 is 9.30 Å². The topological polar surface area (TPSA) is 31.2 Å². The molecule has 1 aromatic heterocycles. The van der Waals surface area contributed by atoms with Gasteiger partial charge in [0.1, 0.15) is 5.75 Å². The van der Waals surface area contributed by atoms with E-state index in [9.17, 15) is 4.79 Å². The Kier molecular flexibility index (Phi) is 3.82. The molecule has 0 unspecified atom stereocenters. The quantitative estimate of drug-likeness (QED) is 0.859. The molecular formula is C18H21NO2. The van der Waals surface area contributed by atoms with Crippen LogP contribution >= 0.6 is 0 Å². The van der Waals surface area contributed by atoms with Gasteiger partial charge in [0.05, 0.1) is 7.11 Å². The van der Waals surface area contributed by atoms with Crippen LogP contribution in [0.5, 0.6) is 5.75 Å². The van der Waals surface area contributed by atoms with Crippen molar-refractivity contribution in [2.45, 2.75) is 39.2 Å². The molecule has 0 N–H and O–H groups in total. The first kappa shape index (κ1) is 13.9. The molecule has 0 radical (unpaired) electrons. The van der Waals surface area contributed by atoms with Gasteiger partial charge in [-0.2, -0.15) is 0 Å². The van der Waals surface area contributed by atoms with E-state index in [1.165, 1.54) is 17.0 Å². The van der Waals surface area contributed by atoms with E-state index in [4.69, 9.17) is 4.74 Å². The van der Waals surface area contributed by atoms with E-state index in [0.717, 1.165) is 37.1 Å². The molecule has 3 heteroatoms. The molecule has 1 heterocycles. The van der Waals surface area contributed by atoms with Gasteiger partial charge in [-0.15, -0.1) is 0 Å². The molecule has 0 bridgehead atoms. The van der Waals surface area contributed by atoms with Gasteiger partial charge in [0, 0.05) is 29.9 Å². The van der Waals surface area contributed by atoms with Gasteiger partial charge in [-0.1, -0.05) is 12.1 Å². The number of hydrogen-bond acceptors (Lipinski definition) is 2. The molecule has 0 saturated heterocycles. The highest BCUT2D eigenvalue weighted by molar-refractivity contribution is 5.98. The molecule has 1 aliphatic rings. The molecule has 3 nitrogen and oxygen atoms in total. The molecule has 1 aliphatic carbocycles. The number of ether oxygens (including phenoxy) is 1. The van der Waals surface area contributed by atoms with Crippen molar-refractivity contribution in [1.82, 2.24) is 4.57 Å². The molecule has 110 valence electrons. The molecule has 0 aliphatic heterocycles. The van der Waals surface area contributed by atoms with E-state index in [2.05, 4.69) is 29.7 Å². The first-order valence-corrected chi connectivity index (χ1v) is 7.54. The summed E-state index contributed by atoms with van der Waals surface area (Å²) in [5.74, 6) is 1.20. The van der Waals surface area contributed by atoms with E-state index in [0.29, 0.717) is 12.2 Å². The van der Waals surface area contributed by atoms with Gasteiger partial charge in [-0.25, -0.2) is 0 Å². The molecule has 0 fully saturated rings. The van der Waals surface area contributed by atoms with Crippen molar-refractivity contribution < 1.29 is 9.53 Å². The number of aromatic nitrogens is 1. The molecular weight excluding hydrogens is 262 g/mol. The number of hydrogen-bond donors (Lipinski definition) is 0. The van der Waals surface area contributed by atoms with Crippen LogP contribution in [0.15, 0.2) is 30.3 Å². The predicted octanol–water partition coefficient (Wildman–Crippen LogP) is 3.57. The second-order valence-corrected chi connectivity index (χ2v) is 5.68. The molecule has 0 atom stereocenters. The van der Waals surface area contributed by atoms with Crippen molar-refractivity contribution in [2.24, 2.45) is 0 Å². The van der Waals surface area contributed by atoms with Crippen LogP contribution in [0.3, 0.4) is 0 Å². The number of Topliss-reactive ketones (excluding diaryl/α,β-unsaturated/α-hetero) is 1. The van der Waals surface area contributed by atoms with Gasteiger partial charge in [0.25, 0.3) is 0 Å². The van der Waals surface area contributed by atoms with Crippen molar-refractivity contribution in [1.29, 1.82) is 0 Å². The van der Waals surface area contributed by atoms with Crippen molar-refractivity contribution in [3.05, 3.63) is 52.8 Å². The summed E-state index contributed by atoms with van der Waals surface area (Å²) in [5, 5.41) is 0. The van der Waals surface area contributed by atoms with Crippen LogP contribution in [0.4, 0.5) is 0 Å². The fourth-order valence-electron chi connectivity index (χ4n) is 3.17. The lowest BCUT2D eigenvalue weighted by molar-refractivity contribution is 0.0972. The maximum atomic E-state index is 12.0. The maximum absolute atomic E-state index is 12.0. The number of nitrogens with zero attached hydrogens (tertiary/aromatic N) is 1. The van der Waals surface area contributed by atoms with Crippen molar-refractivity contribution >= 4 is 5.78 Å². The van der Waals surface area contributed by atoms with Gasteiger partial charge in [0.2, 0.25) is 0 Å². The number of aryl methyl sites for hydroxylation is 2. The van der Waals surface area contributed by atoms with E-state index < -0.39 is 0 Å². The van der Waals surface area contributed by atoms with E-state index in [1.807, 2.05) is 12.1 Å². The Morgan fingerprint density at radius 2 is 2.10 bits per heavy atom. The number of ketones is 1. The average Bonchev–Trinajstić information content (AvgIpc) is 2.83. The lowest BCUT2D eigenvalue weighted by Crippen LogP contribution is -2.14. The summed E-state index contributed by atoms with van der Waals surface area (Å²) in [5.41, 5.74) is 4.63. The summed E-state index contributed by atoms with van der Waals surface area (Å²) in [4.78, 5) is 12.0. The fraction of sp³-hybridized carbons (Fsp3) is 0.389. The van der Waals surface area contributed by atoms with Crippen LogP contribution in [0.2, 0.25) is 0 Å². The smallest absolute Gasteiger partial charge is 0.164 e. The monoisotopic (exact) mass is 283 g/mol. The SMILES string of the molecule is COc1cccc(CCn2c(C)cc3c2CCCC3=O)c1. The Labute approximate surface area is 125 Å². The summed E-state index contributed by atoms with van der Waals surface area (Å²) in [6.45, 7) is 3.01. The van der Waals surface area contributed by atoms with Crippen molar-refractivity contribution in [2.75, 3.05) is 7.11 Å². The largest absolute Gasteiger partial charge is 0.497 e. The normalized spacial score (nSPS) is 14.1. The first-order valence-electron chi connectivity index (χ1n) is 7.54. The highest BCUT2D eigenvalue weighted by atomic mass is 16.5. The van der Waals surface area contributed by atoms with Crippen LogP contribution in [0.25, 0.3) is 0 Å². The Hall–Kier alpha value is -2.03. The number of carbonyl (C=O) groups excluding carboxylic acids is 1. The minimum Gasteiger partial charge on any atom is -0.497 e. The highest BCUT2D eigenvalue weighted by Gasteiger charge is 2.22. The minimum atomic E-state index is 0.305. The highest BCUT2D eigenvalue weighted by Crippen LogP contribution is 2.25. The Bertz CT molecular complexity index is 670. The molecule has 0 saturated carbocycles. The van der Waals surface area contributed by atoms with E-state index in [-0.39, 0.29) is 0 Å². The Balaban J connectivity index is 1.80. The summed E-state index contributed by atoms with van der Waals surface area (Å²) in [6, 6.07) is 10.2. The number of carbonyl (C=O) groups is 1. The molecule has 1 aromatic carbocycles. The van der Waals surface area contributed by atoms with Crippen molar-refractivity contribution in [3.63, 3.8) is 0 Å². The summed E-state index contributed by atoms with van der Waals surface area (Å²) in [7, 11) is 1.69. The minimum absolute atomic E-state index is 0.305. The predicted molar refractivity (Wildman–Crippen MR) is 83.1 cm³/mol. The second kappa shape index (κ2) is 5.76. The maximum Gasteiger partial charge on any atom is 0.164 e. The lowest BCUT2D eigenvalue weighted by atomic mass is 9.96. The second-order valence-electron chi connectivity index (χ2n) is 5.68. The van der Waals surface area contributed by atoms with Crippen LogP contribution in [0, 0.1) is 6.92 Å². The molecule has 0 spiro atoms. The zero-order valence-electron chi connectivity index (χ0n) is 12.7. The third kappa shape index (κ3) is 2.73. The van der Waals surface area contributed by atoms with E-state index in [1.54, 1.807) is 7.11 Å². The van der Waals surface area contributed by atoms with Crippen LogP contribution in [-0.2, 0) is 19.4 Å². The fourth-order valence-corrected chi connectivity index (χ4v) is 3.17. The third-order valence-electron chi connectivity index (χ3n) is 4.29. The molecule has 3 rings (SSSR count). The molecule has 21 heavy (non-hydrogen) atoms. The first-order chi connectivity index (χ1) is 10.2. The van der Waals surface area contributed by atoms with E-state index >= 15 is 0 Å². The zero-order chi connectivity index (χ0) is 14.8. The molecule has 2 aromatic rings. The summed E-state index contributed by atoms with van der Waals surface area (Å²) >= 11 is 0. The van der Waals surface area contributed by atoms with Gasteiger partial charge in [0.15, 0.2) is 5.78 Å². The number of rotatable bonds is 4. The number of benzene rings is 1. The third-order valence-corrected chi connectivity index (χ3v) is 4.29.